The smallest absolute Gasteiger partial charge is 0.189 e. The molecule has 0 aromatic carbocycles. The minimum Gasteiger partial charge on any atom is -0.383 e. The van der Waals surface area contributed by atoms with Crippen molar-refractivity contribution in [3.8, 4) is 0 Å². The van der Waals surface area contributed by atoms with Gasteiger partial charge < -0.3 is 11.1 Å². The zero-order chi connectivity index (χ0) is 9.14. The average molecular weight is 182 g/mol. The first-order valence-corrected chi connectivity index (χ1v) is 4.59. The lowest BCUT2D eigenvalue weighted by molar-refractivity contribution is 0.974. The van der Waals surface area contributed by atoms with Gasteiger partial charge >= 0.3 is 0 Å². The van der Waals surface area contributed by atoms with Crippen molar-refractivity contribution in [1.29, 1.82) is 5.41 Å². The van der Waals surface area contributed by atoms with Crippen LogP contribution in [0.2, 0.25) is 0 Å². The Labute approximate surface area is 75.1 Å². The first-order chi connectivity index (χ1) is 5.65. The second kappa shape index (κ2) is 3.53. The Hall–Kier alpha value is -1.10. The molecule has 3 N–H and O–H groups in total. The highest BCUT2D eigenvalue weighted by Gasteiger charge is 2.04. The summed E-state index contributed by atoms with van der Waals surface area (Å²) in [5, 5.41) is 7.97. The van der Waals surface area contributed by atoms with E-state index in [2.05, 4.69) is 9.97 Å². The van der Waals surface area contributed by atoms with Crippen LogP contribution < -0.4 is 5.73 Å². The maximum absolute atomic E-state index is 7.34. The molecule has 0 spiro atoms. The summed E-state index contributed by atoms with van der Waals surface area (Å²) >= 11 is 1.43. The van der Waals surface area contributed by atoms with Crippen molar-refractivity contribution < 1.29 is 0 Å². The van der Waals surface area contributed by atoms with Gasteiger partial charge in [0, 0.05) is 11.9 Å². The third-order valence-corrected chi connectivity index (χ3v) is 1.94. The molecule has 1 aromatic rings. The molecule has 0 aliphatic rings. The highest BCUT2D eigenvalue weighted by molar-refractivity contribution is 7.98. The average Bonchev–Trinajstić information content (AvgIpc) is 2.03. The lowest BCUT2D eigenvalue weighted by atomic mass is 10.2. The van der Waals surface area contributed by atoms with Gasteiger partial charge in [-0.1, -0.05) is 11.8 Å². The van der Waals surface area contributed by atoms with E-state index < -0.39 is 0 Å². The number of nitrogens with zero attached hydrogens (tertiary/aromatic N) is 2. The van der Waals surface area contributed by atoms with Crippen LogP contribution in [0.5, 0.6) is 0 Å². The number of nitrogens with one attached hydrogen (secondary N) is 1. The van der Waals surface area contributed by atoms with E-state index in [1.807, 2.05) is 6.26 Å². The summed E-state index contributed by atoms with van der Waals surface area (Å²) < 4.78 is 0. The van der Waals surface area contributed by atoms with E-state index >= 15 is 0 Å². The Balaban J connectivity index is 3.12. The molecule has 0 aliphatic carbocycles. The summed E-state index contributed by atoms with van der Waals surface area (Å²) in [6.07, 6.45) is 3.46. The molecule has 0 unspecified atom stereocenters. The van der Waals surface area contributed by atoms with Crippen LogP contribution in [0.15, 0.2) is 11.4 Å². The fourth-order valence-corrected chi connectivity index (χ4v) is 1.11. The fraction of sp³-hybridized carbons (Fsp3) is 0.286. The van der Waals surface area contributed by atoms with Crippen LogP contribution in [0.3, 0.4) is 0 Å². The Morgan fingerprint density at radius 2 is 2.33 bits per heavy atom. The number of hydrogen-bond acceptors (Lipinski definition) is 5. The van der Waals surface area contributed by atoms with Crippen molar-refractivity contribution in [2.75, 3.05) is 12.0 Å². The minimum atomic E-state index is 0.377. The molecular formula is C7H10N4S. The van der Waals surface area contributed by atoms with Gasteiger partial charge in [0.1, 0.15) is 5.82 Å². The monoisotopic (exact) mass is 182 g/mol. The molecule has 0 amide bonds. The fourth-order valence-electron chi connectivity index (χ4n) is 0.765. The Bertz CT molecular complexity index is 310. The Kier molecular flexibility index (Phi) is 2.65. The van der Waals surface area contributed by atoms with Crippen LogP contribution >= 0.6 is 11.8 Å². The van der Waals surface area contributed by atoms with Crippen LogP contribution in [-0.2, 0) is 0 Å². The van der Waals surface area contributed by atoms with Gasteiger partial charge in [0.25, 0.3) is 0 Å². The van der Waals surface area contributed by atoms with Crippen molar-refractivity contribution in [3.05, 3.63) is 11.8 Å². The van der Waals surface area contributed by atoms with Gasteiger partial charge in [0.15, 0.2) is 5.16 Å². The number of anilines is 1. The molecule has 1 rings (SSSR count). The molecule has 1 heterocycles. The zero-order valence-corrected chi connectivity index (χ0v) is 7.77. The summed E-state index contributed by atoms with van der Waals surface area (Å²) in [4.78, 5) is 8.01. The zero-order valence-electron chi connectivity index (χ0n) is 6.96. The van der Waals surface area contributed by atoms with E-state index in [0.29, 0.717) is 22.2 Å². The molecule has 0 atom stereocenters. The molecule has 0 bridgehead atoms. The number of rotatable bonds is 2. The van der Waals surface area contributed by atoms with Gasteiger partial charge in [-0.15, -0.1) is 0 Å². The number of aromatic nitrogens is 2. The molecule has 0 saturated heterocycles. The van der Waals surface area contributed by atoms with Crippen LogP contribution in [0.1, 0.15) is 12.5 Å². The first kappa shape index (κ1) is 8.99. The van der Waals surface area contributed by atoms with Gasteiger partial charge in [-0.25, -0.2) is 9.97 Å². The van der Waals surface area contributed by atoms with Gasteiger partial charge in [-0.3, -0.25) is 0 Å². The third kappa shape index (κ3) is 1.73. The molecule has 1 aromatic heterocycles. The number of thioether (sulfide) groups is 1. The van der Waals surface area contributed by atoms with E-state index in [9.17, 15) is 0 Å². The lowest BCUT2D eigenvalue weighted by Crippen LogP contribution is -2.04. The van der Waals surface area contributed by atoms with Crippen LogP contribution in [0, 0.1) is 5.41 Å². The second-order valence-electron chi connectivity index (χ2n) is 2.28. The van der Waals surface area contributed by atoms with Gasteiger partial charge in [-0.05, 0) is 13.2 Å². The van der Waals surface area contributed by atoms with E-state index in [1.165, 1.54) is 11.8 Å². The van der Waals surface area contributed by atoms with Crippen molar-refractivity contribution in [2.45, 2.75) is 12.1 Å². The lowest BCUT2D eigenvalue weighted by Gasteiger charge is -2.02. The first-order valence-electron chi connectivity index (χ1n) is 3.37. The summed E-state index contributed by atoms with van der Waals surface area (Å²) in [6, 6.07) is 0. The van der Waals surface area contributed by atoms with E-state index in [1.54, 1.807) is 13.1 Å². The summed E-state index contributed by atoms with van der Waals surface area (Å²) in [5.41, 5.74) is 6.59. The van der Waals surface area contributed by atoms with Gasteiger partial charge in [0.2, 0.25) is 0 Å². The molecule has 0 radical (unpaired) electrons. The highest BCUT2D eigenvalue weighted by atomic mass is 32.2. The quantitative estimate of drug-likeness (QED) is 0.409. The van der Waals surface area contributed by atoms with Crippen molar-refractivity contribution in [3.63, 3.8) is 0 Å². The van der Waals surface area contributed by atoms with Gasteiger partial charge in [0.05, 0.1) is 5.56 Å². The molecule has 4 nitrogen and oxygen atoms in total. The molecule has 5 heteroatoms. The molecule has 64 valence electrons. The Morgan fingerprint density at radius 3 is 2.75 bits per heavy atom. The van der Waals surface area contributed by atoms with Crippen molar-refractivity contribution >= 4 is 23.3 Å². The molecule has 0 aliphatic heterocycles. The maximum atomic E-state index is 7.34. The highest BCUT2D eigenvalue weighted by Crippen LogP contribution is 2.13. The van der Waals surface area contributed by atoms with Crippen LogP contribution in [0.25, 0.3) is 0 Å². The minimum absolute atomic E-state index is 0.377. The van der Waals surface area contributed by atoms with E-state index in [0.717, 1.165) is 0 Å². The maximum Gasteiger partial charge on any atom is 0.189 e. The standard InChI is InChI=1S/C7H10N4S/c1-4(8)5-3-10-7(12-2)11-6(5)9/h3,8H,1-2H3,(H2,9,10,11). The van der Waals surface area contributed by atoms with Gasteiger partial charge in [-0.2, -0.15) is 0 Å². The molecule has 0 fully saturated rings. The number of nitrogen functional groups attached to an aromatic ring is 1. The summed E-state index contributed by atoms with van der Waals surface area (Å²) in [5.74, 6) is 0.377. The number of hydrogen-bond donors (Lipinski definition) is 2. The third-order valence-electron chi connectivity index (χ3n) is 1.38. The Morgan fingerprint density at radius 1 is 1.67 bits per heavy atom. The second-order valence-corrected chi connectivity index (χ2v) is 3.05. The largest absolute Gasteiger partial charge is 0.383 e. The normalized spacial score (nSPS) is 9.83. The SMILES string of the molecule is CSc1ncc(C(C)=N)c(N)n1. The molecular weight excluding hydrogens is 172 g/mol. The number of nitrogens with two attached hydrogens (primary N) is 1. The predicted octanol–water partition coefficient (Wildman–Crippen LogP) is 1.17. The van der Waals surface area contributed by atoms with Crippen molar-refractivity contribution in [2.24, 2.45) is 0 Å². The molecule has 0 saturated carbocycles. The summed E-state index contributed by atoms with van der Waals surface area (Å²) in [7, 11) is 0. The van der Waals surface area contributed by atoms with Crippen LogP contribution in [0.4, 0.5) is 5.82 Å². The predicted molar refractivity (Wildman–Crippen MR) is 50.7 cm³/mol. The van der Waals surface area contributed by atoms with Crippen molar-refractivity contribution in [1.82, 2.24) is 9.97 Å². The topological polar surface area (TPSA) is 75.7 Å². The van der Waals surface area contributed by atoms with E-state index in [-0.39, 0.29) is 0 Å². The van der Waals surface area contributed by atoms with Crippen LogP contribution in [-0.4, -0.2) is 21.9 Å². The summed E-state index contributed by atoms with van der Waals surface area (Å²) in [6.45, 7) is 1.66. The van der Waals surface area contributed by atoms with E-state index in [4.69, 9.17) is 11.1 Å². The molecule has 12 heavy (non-hydrogen) atoms.